The number of likely N-dealkylation sites (N-methyl/N-ethyl adjacent to an activating group) is 1. The van der Waals surface area contributed by atoms with Crippen molar-refractivity contribution in [2.45, 2.75) is 12.5 Å². The van der Waals surface area contributed by atoms with Crippen molar-refractivity contribution in [3.63, 3.8) is 0 Å². The molecule has 0 amide bonds. The Balaban J connectivity index is 1.96. The third kappa shape index (κ3) is 2.45. The van der Waals surface area contributed by atoms with Gasteiger partial charge in [-0.05, 0) is 13.5 Å². The van der Waals surface area contributed by atoms with E-state index in [0.717, 1.165) is 19.5 Å². The normalized spacial score (nSPS) is 21.8. The largest absolute Gasteiger partial charge is 0.476 e. The molecule has 2 rings (SSSR count). The predicted octanol–water partition coefficient (Wildman–Crippen LogP) is 0.924. The van der Waals surface area contributed by atoms with Crippen LogP contribution in [0.3, 0.4) is 0 Å². The van der Waals surface area contributed by atoms with Gasteiger partial charge in [0.1, 0.15) is 6.10 Å². The number of likely N-dealkylation sites (tertiary alicyclic amines) is 1. The Kier molecular flexibility index (Phi) is 2.88. The summed E-state index contributed by atoms with van der Waals surface area (Å²) in [7, 11) is 2.04. The fourth-order valence-corrected chi connectivity index (χ4v) is 2.25. The van der Waals surface area contributed by atoms with Crippen LogP contribution >= 0.6 is 11.3 Å². The van der Waals surface area contributed by atoms with E-state index in [4.69, 9.17) is 9.84 Å². The fraction of sp³-hybridized carbons (Fsp3) is 0.556. The molecule has 1 aromatic heterocycles. The van der Waals surface area contributed by atoms with E-state index in [1.807, 2.05) is 7.05 Å². The SMILES string of the molecule is CN1CCC(Oc2nc(C(=O)O)cs2)C1. The number of thiazole rings is 1. The Bertz CT molecular complexity index is 366. The Morgan fingerprint density at radius 1 is 1.80 bits per heavy atom. The molecule has 1 fully saturated rings. The van der Waals surface area contributed by atoms with Crippen molar-refractivity contribution >= 4 is 17.3 Å². The van der Waals surface area contributed by atoms with Gasteiger partial charge in [0.2, 0.25) is 0 Å². The summed E-state index contributed by atoms with van der Waals surface area (Å²) < 4.78 is 5.58. The molecule has 1 aliphatic heterocycles. The fourth-order valence-electron chi connectivity index (χ4n) is 1.54. The molecule has 0 bridgehead atoms. The first-order valence-corrected chi connectivity index (χ1v) is 5.57. The van der Waals surface area contributed by atoms with E-state index < -0.39 is 5.97 Å². The van der Waals surface area contributed by atoms with Crippen molar-refractivity contribution in [2.75, 3.05) is 20.1 Å². The van der Waals surface area contributed by atoms with Crippen LogP contribution in [0.2, 0.25) is 0 Å². The summed E-state index contributed by atoms with van der Waals surface area (Å²) in [6.45, 7) is 1.89. The Morgan fingerprint density at radius 3 is 3.13 bits per heavy atom. The van der Waals surface area contributed by atoms with Gasteiger partial charge in [-0.1, -0.05) is 11.3 Å². The molecule has 1 saturated heterocycles. The summed E-state index contributed by atoms with van der Waals surface area (Å²) in [5, 5.41) is 10.6. The molecule has 5 nitrogen and oxygen atoms in total. The molecule has 0 aliphatic carbocycles. The second kappa shape index (κ2) is 4.16. The molecule has 0 saturated carbocycles. The summed E-state index contributed by atoms with van der Waals surface area (Å²) in [6.07, 6.45) is 1.11. The number of nitrogens with zero attached hydrogens (tertiary/aromatic N) is 2. The highest BCUT2D eigenvalue weighted by molar-refractivity contribution is 7.11. The average molecular weight is 228 g/mol. The summed E-state index contributed by atoms with van der Waals surface area (Å²) in [4.78, 5) is 16.6. The molecule has 1 aromatic rings. The van der Waals surface area contributed by atoms with Crippen LogP contribution < -0.4 is 4.74 Å². The zero-order valence-electron chi connectivity index (χ0n) is 8.34. The van der Waals surface area contributed by atoms with Crippen LogP contribution in [-0.2, 0) is 0 Å². The van der Waals surface area contributed by atoms with Gasteiger partial charge in [-0.15, -0.1) is 0 Å². The molecular formula is C9H12N2O3S. The first kappa shape index (κ1) is 10.4. The second-order valence-corrected chi connectivity index (χ2v) is 4.42. The molecule has 0 spiro atoms. The maximum absolute atomic E-state index is 10.6. The highest BCUT2D eigenvalue weighted by Gasteiger charge is 2.22. The first-order chi connectivity index (χ1) is 7.15. The molecule has 2 heterocycles. The number of rotatable bonds is 3. The molecule has 0 radical (unpaired) electrons. The molecule has 82 valence electrons. The van der Waals surface area contributed by atoms with Crippen LogP contribution in [0.4, 0.5) is 0 Å². The van der Waals surface area contributed by atoms with Crippen LogP contribution in [0.5, 0.6) is 5.19 Å². The van der Waals surface area contributed by atoms with Gasteiger partial charge < -0.3 is 14.7 Å². The summed E-state index contributed by atoms with van der Waals surface area (Å²) >= 11 is 1.23. The Hall–Kier alpha value is -1.14. The maximum Gasteiger partial charge on any atom is 0.355 e. The summed E-state index contributed by atoms with van der Waals surface area (Å²) in [6, 6.07) is 0. The number of carbonyl (C=O) groups is 1. The van der Waals surface area contributed by atoms with Crippen LogP contribution in [0.25, 0.3) is 0 Å². The van der Waals surface area contributed by atoms with Gasteiger partial charge in [0.25, 0.3) is 5.19 Å². The Labute approximate surface area is 91.3 Å². The third-order valence-corrected chi connectivity index (χ3v) is 3.05. The average Bonchev–Trinajstić information content (AvgIpc) is 2.76. The monoisotopic (exact) mass is 228 g/mol. The van der Waals surface area contributed by atoms with Gasteiger partial charge in [0.15, 0.2) is 5.69 Å². The predicted molar refractivity (Wildman–Crippen MR) is 55.6 cm³/mol. The minimum Gasteiger partial charge on any atom is -0.476 e. The standard InChI is InChI=1S/C9H12N2O3S/c1-11-3-2-6(4-11)14-9-10-7(5-15-9)8(12)13/h5-6H,2-4H2,1H3,(H,12,13). The lowest BCUT2D eigenvalue weighted by Gasteiger charge is -2.10. The molecule has 1 unspecified atom stereocenters. The molecule has 1 N–H and O–H groups in total. The lowest BCUT2D eigenvalue weighted by Crippen LogP contribution is -2.21. The zero-order chi connectivity index (χ0) is 10.8. The van der Waals surface area contributed by atoms with E-state index in [2.05, 4.69) is 9.88 Å². The highest BCUT2D eigenvalue weighted by atomic mass is 32.1. The van der Waals surface area contributed by atoms with E-state index in [0.29, 0.717) is 5.19 Å². The maximum atomic E-state index is 10.6. The van der Waals surface area contributed by atoms with Crippen LogP contribution in [-0.4, -0.2) is 47.2 Å². The van der Waals surface area contributed by atoms with Gasteiger partial charge in [0.05, 0.1) is 0 Å². The van der Waals surface area contributed by atoms with Crippen LogP contribution in [0.1, 0.15) is 16.9 Å². The number of hydrogen-bond acceptors (Lipinski definition) is 5. The third-order valence-electron chi connectivity index (χ3n) is 2.32. The van der Waals surface area contributed by atoms with Crippen molar-refractivity contribution in [1.29, 1.82) is 0 Å². The van der Waals surface area contributed by atoms with E-state index in [-0.39, 0.29) is 11.8 Å². The van der Waals surface area contributed by atoms with Crippen molar-refractivity contribution in [3.8, 4) is 5.19 Å². The number of aromatic carboxylic acids is 1. The van der Waals surface area contributed by atoms with E-state index in [9.17, 15) is 4.79 Å². The minimum atomic E-state index is -1.01. The van der Waals surface area contributed by atoms with Crippen molar-refractivity contribution in [2.24, 2.45) is 0 Å². The summed E-state index contributed by atoms with van der Waals surface area (Å²) in [5.74, 6) is -1.01. The van der Waals surface area contributed by atoms with Crippen LogP contribution in [0, 0.1) is 0 Å². The van der Waals surface area contributed by atoms with Crippen molar-refractivity contribution < 1.29 is 14.6 Å². The topological polar surface area (TPSA) is 62.7 Å². The number of carboxylic acids is 1. The van der Waals surface area contributed by atoms with Gasteiger partial charge in [0, 0.05) is 18.5 Å². The van der Waals surface area contributed by atoms with E-state index in [1.165, 1.54) is 16.7 Å². The van der Waals surface area contributed by atoms with Gasteiger partial charge >= 0.3 is 5.97 Å². The van der Waals surface area contributed by atoms with Crippen molar-refractivity contribution in [1.82, 2.24) is 9.88 Å². The smallest absolute Gasteiger partial charge is 0.355 e. The second-order valence-electron chi connectivity index (χ2n) is 3.59. The van der Waals surface area contributed by atoms with Crippen molar-refractivity contribution in [3.05, 3.63) is 11.1 Å². The number of carboxylic acid groups (broad SMARTS) is 1. The molecule has 6 heteroatoms. The highest BCUT2D eigenvalue weighted by Crippen LogP contribution is 2.22. The number of hydrogen-bond donors (Lipinski definition) is 1. The first-order valence-electron chi connectivity index (χ1n) is 4.69. The zero-order valence-corrected chi connectivity index (χ0v) is 9.16. The minimum absolute atomic E-state index is 0.0568. The molecule has 1 aliphatic rings. The van der Waals surface area contributed by atoms with Gasteiger partial charge in [-0.2, -0.15) is 4.98 Å². The van der Waals surface area contributed by atoms with Gasteiger partial charge in [-0.25, -0.2) is 4.79 Å². The number of ether oxygens (including phenoxy) is 1. The lowest BCUT2D eigenvalue weighted by molar-refractivity contribution is 0.0690. The molecule has 0 aromatic carbocycles. The molecule has 1 atom stereocenters. The summed E-state index contributed by atoms with van der Waals surface area (Å²) in [5.41, 5.74) is 0.0568. The molecule has 15 heavy (non-hydrogen) atoms. The Morgan fingerprint density at radius 2 is 2.60 bits per heavy atom. The quantitative estimate of drug-likeness (QED) is 0.833. The van der Waals surface area contributed by atoms with E-state index in [1.54, 1.807) is 0 Å². The van der Waals surface area contributed by atoms with Crippen LogP contribution in [0.15, 0.2) is 5.38 Å². The lowest BCUT2D eigenvalue weighted by atomic mass is 10.3. The molecular weight excluding hydrogens is 216 g/mol. The van der Waals surface area contributed by atoms with E-state index >= 15 is 0 Å². The number of aromatic nitrogens is 1. The van der Waals surface area contributed by atoms with Gasteiger partial charge in [-0.3, -0.25) is 0 Å².